The molecule has 2 aromatic rings. The Morgan fingerprint density at radius 1 is 1.04 bits per heavy atom. The van der Waals surface area contributed by atoms with Crippen LogP contribution in [0.2, 0.25) is 0 Å². The molecule has 3 N–H and O–H groups in total. The van der Waals surface area contributed by atoms with Gasteiger partial charge in [-0.25, -0.2) is 18.4 Å². The Labute approximate surface area is 134 Å². The van der Waals surface area contributed by atoms with Gasteiger partial charge in [0.1, 0.15) is 11.3 Å². The lowest BCUT2D eigenvalue weighted by molar-refractivity contribution is -0.274. The lowest BCUT2D eigenvalue weighted by atomic mass is 10.0. The predicted octanol–water partition coefficient (Wildman–Crippen LogP) is 2.60. The van der Waals surface area contributed by atoms with E-state index in [4.69, 9.17) is 10.2 Å². The molecule has 24 heavy (non-hydrogen) atoms. The predicted molar refractivity (Wildman–Crippen MR) is 76.9 cm³/mol. The summed E-state index contributed by atoms with van der Waals surface area (Å²) in [5, 5.41) is 13.9. The van der Waals surface area contributed by atoms with Crippen LogP contribution in [0.15, 0.2) is 47.4 Å². The SMILES string of the molecule is NS(=O)(=O)c1ccc(-c2ccc(C(=O)O)c(OC(F)(F)F)c2)cc1. The van der Waals surface area contributed by atoms with Crippen molar-refractivity contribution in [3.05, 3.63) is 48.0 Å². The molecule has 0 aromatic heterocycles. The van der Waals surface area contributed by atoms with Gasteiger partial charge in [0, 0.05) is 0 Å². The van der Waals surface area contributed by atoms with Crippen molar-refractivity contribution in [2.24, 2.45) is 5.14 Å². The Bertz CT molecular complexity index is 876. The fourth-order valence-electron chi connectivity index (χ4n) is 1.92. The second-order valence-corrected chi connectivity index (χ2v) is 6.19. The number of alkyl halides is 3. The topological polar surface area (TPSA) is 107 Å². The molecule has 0 saturated carbocycles. The molecule has 0 aliphatic rings. The van der Waals surface area contributed by atoms with Gasteiger partial charge in [-0.3, -0.25) is 0 Å². The zero-order valence-corrected chi connectivity index (χ0v) is 12.6. The van der Waals surface area contributed by atoms with Crippen molar-refractivity contribution in [3.63, 3.8) is 0 Å². The van der Waals surface area contributed by atoms with Crippen molar-refractivity contribution in [2.45, 2.75) is 11.3 Å². The third-order valence-corrected chi connectivity index (χ3v) is 3.88. The smallest absolute Gasteiger partial charge is 0.478 e. The van der Waals surface area contributed by atoms with Gasteiger partial charge < -0.3 is 9.84 Å². The Morgan fingerprint density at radius 3 is 2.04 bits per heavy atom. The van der Waals surface area contributed by atoms with Crippen LogP contribution >= 0.6 is 0 Å². The second-order valence-electron chi connectivity index (χ2n) is 4.63. The van der Waals surface area contributed by atoms with E-state index >= 15 is 0 Å². The van der Waals surface area contributed by atoms with Gasteiger partial charge in [-0.05, 0) is 35.4 Å². The highest BCUT2D eigenvalue weighted by Crippen LogP contribution is 2.31. The minimum atomic E-state index is -5.06. The summed E-state index contributed by atoms with van der Waals surface area (Å²) >= 11 is 0. The minimum Gasteiger partial charge on any atom is -0.478 e. The molecule has 128 valence electrons. The molecule has 6 nitrogen and oxygen atoms in total. The molecule has 0 aliphatic heterocycles. The van der Waals surface area contributed by atoms with Gasteiger partial charge in [0.15, 0.2) is 0 Å². The second kappa shape index (κ2) is 6.13. The van der Waals surface area contributed by atoms with Crippen LogP contribution < -0.4 is 9.88 Å². The molecule has 0 amide bonds. The Balaban J connectivity index is 2.48. The summed E-state index contributed by atoms with van der Waals surface area (Å²) < 4.78 is 63.3. The van der Waals surface area contributed by atoms with Gasteiger partial charge >= 0.3 is 12.3 Å². The molecule has 0 atom stereocenters. The zero-order valence-electron chi connectivity index (χ0n) is 11.7. The van der Waals surface area contributed by atoms with E-state index < -0.39 is 33.7 Å². The Hall–Kier alpha value is -2.59. The number of rotatable bonds is 4. The van der Waals surface area contributed by atoms with E-state index in [2.05, 4.69) is 4.74 Å². The molecule has 0 heterocycles. The van der Waals surface area contributed by atoms with Crippen LogP contribution in [0.4, 0.5) is 13.2 Å². The first-order valence-electron chi connectivity index (χ1n) is 6.24. The summed E-state index contributed by atoms with van der Waals surface area (Å²) in [7, 11) is -3.90. The summed E-state index contributed by atoms with van der Waals surface area (Å²) in [6.07, 6.45) is -5.06. The first-order valence-corrected chi connectivity index (χ1v) is 7.78. The third-order valence-electron chi connectivity index (χ3n) is 2.95. The van der Waals surface area contributed by atoms with Crippen LogP contribution in [-0.4, -0.2) is 25.9 Å². The lowest BCUT2D eigenvalue weighted by Crippen LogP contribution is -2.19. The number of ether oxygens (including phenoxy) is 1. The molecule has 0 unspecified atom stereocenters. The fraction of sp³-hybridized carbons (Fsp3) is 0.0714. The number of primary sulfonamides is 1. The van der Waals surface area contributed by atoms with E-state index in [-0.39, 0.29) is 10.5 Å². The van der Waals surface area contributed by atoms with Crippen LogP contribution in [0.25, 0.3) is 11.1 Å². The van der Waals surface area contributed by atoms with Gasteiger partial charge in [-0.2, -0.15) is 0 Å². The number of nitrogens with two attached hydrogens (primary N) is 1. The van der Waals surface area contributed by atoms with Crippen LogP contribution in [0.1, 0.15) is 10.4 Å². The van der Waals surface area contributed by atoms with Crippen molar-refractivity contribution in [1.29, 1.82) is 0 Å². The molecular formula is C14H10F3NO5S. The number of hydrogen-bond donors (Lipinski definition) is 2. The molecular weight excluding hydrogens is 351 g/mol. The first kappa shape index (κ1) is 17.8. The molecule has 0 spiro atoms. The van der Waals surface area contributed by atoms with Gasteiger partial charge in [0.25, 0.3) is 0 Å². The van der Waals surface area contributed by atoms with E-state index in [1.807, 2.05) is 0 Å². The van der Waals surface area contributed by atoms with Crippen LogP contribution in [-0.2, 0) is 10.0 Å². The van der Waals surface area contributed by atoms with Crippen molar-refractivity contribution in [2.75, 3.05) is 0 Å². The van der Waals surface area contributed by atoms with Crippen LogP contribution in [0.3, 0.4) is 0 Å². The molecule has 2 aromatic carbocycles. The highest BCUT2D eigenvalue weighted by Gasteiger charge is 2.33. The summed E-state index contributed by atoms with van der Waals surface area (Å²) in [5.74, 6) is -2.45. The third kappa shape index (κ3) is 4.24. The zero-order chi connectivity index (χ0) is 18.1. The molecule has 0 aliphatic carbocycles. The van der Waals surface area contributed by atoms with E-state index in [0.29, 0.717) is 5.56 Å². The van der Waals surface area contributed by atoms with E-state index in [1.165, 1.54) is 30.3 Å². The number of hydrogen-bond acceptors (Lipinski definition) is 4. The molecule has 10 heteroatoms. The van der Waals surface area contributed by atoms with Gasteiger partial charge in [-0.1, -0.05) is 18.2 Å². The average Bonchev–Trinajstić information content (AvgIpc) is 2.44. The average molecular weight is 361 g/mol. The van der Waals surface area contributed by atoms with Crippen molar-refractivity contribution in [3.8, 4) is 16.9 Å². The first-order chi connectivity index (χ1) is 11.0. The number of sulfonamides is 1. The fourth-order valence-corrected chi connectivity index (χ4v) is 2.44. The van der Waals surface area contributed by atoms with E-state index in [9.17, 15) is 26.4 Å². The molecule has 0 fully saturated rings. The summed E-state index contributed by atoms with van der Waals surface area (Å²) in [6, 6.07) is 8.16. The number of halogens is 3. The Morgan fingerprint density at radius 2 is 1.58 bits per heavy atom. The quantitative estimate of drug-likeness (QED) is 0.870. The molecule has 0 saturated heterocycles. The Kier molecular flexibility index (Phi) is 4.54. The largest absolute Gasteiger partial charge is 0.573 e. The highest BCUT2D eigenvalue weighted by molar-refractivity contribution is 7.89. The van der Waals surface area contributed by atoms with E-state index in [1.54, 1.807) is 0 Å². The van der Waals surface area contributed by atoms with Gasteiger partial charge in [-0.15, -0.1) is 13.2 Å². The van der Waals surface area contributed by atoms with E-state index in [0.717, 1.165) is 12.1 Å². The summed E-state index contributed by atoms with van der Waals surface area (Å²) in [6.45, 7) is 0. The standard InChI is InChI=1S/C14H10F3NO5S/c15-14(16,17)23-12-7-9(3-6-11(12)13(19)20)8-1-4-10(5-2-8)24(18,21)22/h1-7H,(H,19,20)(H2,18,21,22). The molecule has 2 rings (SSSR count). The maximum atomic E-state index is 12.4. The van der Waals surface area contributed by atoms with Gasteiger partial charge in [0.2, 0.25) is 10.0 Å². The summed E-state index contributed by atoms with van der Waals surface area (Å²) in [4.78, 5) is 10.8. The molecule has 0 radical (unpaired) electrons. The van der Waals surface area contributed by atoms with Crippen LogP contribution in [0, 0.1) is 0 Å². The van der Waals surface area contributed by atoms with Crippen molar-refractivity contribution in [1.82, 2.24) is 0 Å². The number of carboxylic acids is 1. The maximum Gasteiger partial charge on any atom is 0.573 e. The number of carbonyl (C=O) groups is 1. The van der Waals surface area contributed by atoms with Crippen LogP contribution in [0.5, 0.6) is 5.75 Å². The number of carboxylic acid groups (broad SMARTS) is 1. The van der Waals surface area contributed by atoms with Crippen molar-refractivity contribution >= 4 is 16.0 Å². The lowest BCUT2D eigenvalue weighted by Gasteiger charge is -2.13. The number of aromatic carboxylic acids is 1. The normalized spacial score (nSPS) is 12.0. The maximum absolute atomic E-state index is 12.4. The minimum absolute atomic E-state index is 0.167. The monoisotopic (exact) mass is 361 g/mol. The summed E-state index contributed by atoms with van der Waals surface area (Å²) in [5.41, 5.74) is -0.0937. The van der Waals surface area contributed by atoms with Gasteiger partial charge in [0.05, 0.1) is 4.90 Å². The highest BCUT2D eigenvalue weighted by atomic mass is 32.2. The number of benzene rings is 2. The molecule has 0 bridgehead atoms. The van der Waals surface area contributed by atoms with Crippen molar-refractivity contribution < 1.29 is 36.2 Å².